The molecule has 2 N–H and O–H groups in total. The van der Waals surface area contributed by atoms with Crippen molar-refractivity contribution < 1.29 is 4.79 Å². The van der Waals surface area contributed by atoms with Crippen molar-refractivity contribution in [2.24, 2.45) is 0 Å². The molecule has 1 aliphatic carbocycles. The zero-order chi connectivity index (χ0) is 16.0. The van der Waals surface area contributed by atoms with Crippen LogP contribution in [0.5, 0.6) is 0 Å². The van der Waals surface area contributed by atoms with Crippen LogP contribution < -0.4 is 11.0 Å². The molecule has 0 spiro atoms. The van der Waals surface area contributed by atoms with Gasteiger partial charge in [0.1, 0.15) is 5.54 Å². The molecule has 1 heterocycles. The maximum atomic E-state index is 12.1. The monoisotopic (exact) mass is 323 g/mol. The van der Waals surface area contributed by atoms with E-state index in [0.29, 0.717) is 24.5 Å². The number of rotatable bonds is 6. The van der Waals surface area contributed by atoms with Gasteiger partial charge >= 0.3 is 5.69 Å². The van der Waals surface area contributed by atoms with E-state index in [-0.39, 0.29) is 17.3 Å². The quantitative estimate of drug-likeness (QED) is 0.771. The van der Waals surface area contributed by atoms with Crippen LogP contribution in [0.2, 0.25) is 0 Å². The summed E-state index contributed by atoms with van der Waals surface area (Å²) in [6, 6.07) is 2.26. The lowest BCUT2D eigenvalue weighted by Gasteiger charge is -2.31. The standard InChI is InChI=1S/C14H21N5O2S/c1-2-8-19-12(21)17-18-13(19)22-9-11(20)16-14(10-15)6-4-3-5-7-14/h2-9H2,1H3,(H,16,20)(H,17,21). The third-order valence-corrected chi connectivity index (χ3v) is 4.78. The van der Waals surface area contributed by atoms with Crippen LogP contribution in [0.15, 0.2) is 9.95 Å². The van der Waals surface area contributed by atoms with Gasteiger partial charge in [-0.05, 0) is 19.3 Å². The van der Waals surface area contributed by atoms with Gasteiger partial charge in [0.15, 0.2) is 5.16 Å². The zero-order valence-electron chi connectivity index (χ0n) is 12.7. The van der Waals surface area contributed by atoms with Gasteiger partial charge in [0, 0.05) is 6.54 Å². The minimum absolute atomic E-state index is 0.150. The summed E-state index contributed by atoms with van der Waals surface area (Å²) in [6.07, 6.45) is 5.29. The highest BCUT2D eigenvalue weighted by Gasteiger charge is 2.33. The van der Waals surface area contributed by atoms with Crippen molar-refractivity contribution in [3.05, 3.63) is 10.5 Å². The molecule has 1 aliphatic rings. The molecule has 0 aliphatic heterocycles. The summed E-state index contributed by atoms with van der Waals surface area (Å²) in [4.78, 5) is 23.7. The van der Waals surface area contributed by atoms with Crippen LogP contribution in [0.3, 0.4) is 0 Å². The molecule has 8 heteroatoms. The van der Waals surface area contributed by atoms with E-state index in [1.807, 2.05) is 6.92 Å². The molecule has 120 valence electrons. The highest BCUT2D eigenvalue weighted by Crippen LogP contribution is 2.27. The highest BCUT2D eigenvalue weighted by atomic mass is 32.2. The van der Waals surface area contributed by atoms with Crippen LogP contribution in [-0.4, -0.2) is 32.0 Å². The predicted octanol–water partition coefficient (Wildman–Crippen LogP) is 1.42. The third kappa shape index (κ3) is 3.91. The Morgan fingerprint density at radius 2 is 2.23 bits per heavy atom. The maximum absolute atomic E-state index is 12.1. The topological polar surface area (TPSA) is 104 Å². The number of carbonyl (C=O) groups is 1. The van der Waals surface area contributed by atoms with E-state index < -0.39 is 5.54 Å². The van der Waals surface area contributed by atoms with Crippen molar-refractivity contribution in [1.29, 1.82) is 5.26 Å². The number of hydrogen-bond acceptors (Lipinski definition) is 5. The summed E-state index contributed by atoms with van der Waals surface area (Å²) in [5, 5.41) is 19.1. The van der Waals surface area contributed by atoms with Crippen molar-refractivity contribution in [1.82, 2.24) is 20.1 Å². The van der Waals surface area contributed by atoms with Gasteiger partial charge in [0.25, 0.3) is 0 Å². The van der Waals surface area contributed by atoms with Gasteiger partial charge in [-0.15, -0.1) is 5.10 Å². The van der Waals surface area contributed by atoms with Gasteiger partial charge in [-0.3, -0.25) is 9.36 Å². The molecule has 1 aromatic rings. The maximum Gasteiger partial charge on any atom is 0.343 e. The van der Waals surface area contributed by atoms with Crippen LogP contribution in [0.25, 0.3) is 0 Å². The second kappa shape index (κ2) is 7.49. The van der Waals surface area contributed by atoms with E-state index in [1.54, 1.807) is 0 Å². The average Bonchev–Trinajstić information content (AvgIpc) is 2.87. The Labute approximate surface area is 133 Å². The zero-order valence-corrected chi connectivity index (χ0v) is 13.5. The van der Waals surface area contributed by atoms with Gasteiger partial charge in [-0.25, -0.2) is 9.89 Å². The van der Waals surface area contributed by atoms with E-state index in [4.69, 9.17) is 0 Å². The summed E-state index contributed by atoms with van der Waals surface area (Å²) in [7, 11) is 0. The van der Waals surface area contributed by atoms with Crippen LogP contribution in [0.1, 0.15) is 45.4 Å². The number of thioether (sulfide) groups is 1. The number of carbonyl (C=O) groups excluding carboxylic acids is 1. The Hall–Kier alpha value is -1.75. The fourth-order valence-electron chi connectivity index (χ4n) is 2.69. The number of nitrogens with zero attached hydrogens (tertiary/aromatic N) is 3. The molecule has 1 saturated carbocycles. The van der Waals surface area contributed by atoms with Crippen molar-refractivity contribution in [3.8, 4) is 6.07 Å². The third-order valence-electron chi connectivity index (χ3n) is 3.80. The second-order valence-corrected chi connectivity index (χ2v) is 6.50. The summed E-state index contributed by atoms with van der Waals surface area (Å²) in [5.41, 5.74) is -0.976. The second-order valence-electron chi connectivity index (χ2n) is 5.55. The molecule has 0 radical (unpaired) electrons. The van der Waals surface area contributed by atoms with Crippen molar-refractivity contribution in [2.45, 2.75) is 62.7 Å². The first kappa shape index (κ1) is 16.6. The van der Waals surface area contributed by atoms with Crippen LogP contribution >= 0.6 is 11.8 Å². The summed E-state index contributed by atoms with van der Waals surface area (Å²) in [5.74, 6) is -0.0378. The average molecular weight is 323 g/mol. The number of H-pyrrole nitrogens is 1. The minimum Gasteiger partial charge on any atom is -0.337 e. The lowest BCUT2D eigenvalue weighted by Crippen LogP contribution is -2.49. The fourth-order valence-corrected chi connectivity index (χ4v) is 3.46. The number of aromatic nitrogens is 3. The Morgan fingerprint density at radius 1 is 1.50 bits per heavy atom. The SMILES string of the molecule is CCCn1c(SCC(=O)NC2(C#N)CCCCC2)n[nH]c1=O. The molecule has 22 heavy (non-hydrogen) atoms. The highest BCUT2D eigenvalue weighted by molar-refractivity contribution is 7.99. The lowest BCUT2D eigenvalue weighted by molar-refractivity contribution is -0.120. The summed E-state index contributed by atoms with van der Waals surface area (Å²) >= 11 is 1.21. The molecule has 0 unspecified atom stereocenters. The van der Waals surface area contributed by atoms with Gasteiger partial charge in [-0.2, -0.15) is 5.26 Å². The molecule has 0 aromatic carbocycles. The van der Waals surface area contributed by atoms with Crippen LogP contribution in [0.4, 0.5) is 0 Å². The number of nitrogens with one attached hydrogen (secondary N) is 2. The van der Waals surface area contributed by atoms with E-state index in [0.717, 1.165) is 25.7 Å². The smallest absolute Gasteiger partial charge is 0.337 e. The number of aromatic amines is 1. The number of hydrogen-bond donors (Lipinski definition) is 2. The Balaban J connectivity index is 1.93. The van der Waals surface area contributed by atoms with Crippen molar-refractivity contribution >= 4 is 17.7 Å². The van der Waals surface area contributed by atoms with Crippen molar-refractivity contribution in [2.75, 3.05) is 5.75 Å². The first-order valence-electron chi connectivity index (χ1n) is 7.60. The number of nitriles is 1. The predicted molar refractivity (Wildman–Crippen MR) is 83.4 cm³/mol. The Bertz CT molecular complexity index is 609. The van der Waals surface area contributed by atoms with Gasteiger partial charge in [0.2, 0.25) is 5.91 Å². The van der Waals surface area contributed by atoms with Gasteiger partial charge in [-0.1, -0.05) is 37.9 Å². The molecule has 0 bridgehead atoms. The molecule has 1 amide bonds. The Morgan fingerprint density at radius 3 is 2.86 bits per heavy atom. The first-order chi connectivity index (χ1) is 10.6. The van der Waals surface area contributed by atoms with Crippen molar-refractivity contribution in [3.63, 3.8) is 0 Å². The van der Waals surface area contributed by atoms with E-state index >= 15 is 0 Å². The lowest BCUT2D eigenvalue weighted by atomic mass is 9.83. The van der Waals surface area contributed by atoms with Crippen LogP contribution in [-0.2, 0) is 11.3 Å². The first-order valence-corrected chi connectivity index (χ1v) is 8.59. The normalized spacial score (nSPS) is 16.9. The molecular weight excluding hydrogens is 302 g/mol. The van der Waals surface area contributed by atoms with E-state index in [2.05, 4.69) is 21.6 Å². The number of amides is 1. The van der Waals surface area contributed by atoms with E-state index in [1.165, 1.54) is 16.3 Å². The minimum atomic E-state index is -0.718. The summed E-state index contributed by atoms with van der Waals surface area (Å²) < 4.78 is 1.53. The molecule has 0 atom stereocenters. The molecule has 0 saturated heterocycles. The molecule has 1 fully saturated rings. The summed E-state index contributed by atoms with van der Waals surface area (Å²) in [6.45, 7) is 2.54. The molecule has 2 rings (SSSR count). The molecular formula is C14H21N5O2S. The molecule has 7 nitrogen and oxygen atoms in total. The fraction of sp³-hybridized carbons (Fsp3) is 0.714. The molecule has 1 aromatic heterocycles. The van der Waals surface area contributed by atoms with Gasteiger partial charge in [0.05, 0.1) is 11.8 Å². The largest absolute Gasteiger partial charge is 0.343 e. The van der Waals surface area contributed by atoms with E-state index in [9.17, 15) is 14.9 Å². The van der Waals surface area contributed by atoms with Crippen LogP contribution in [0, 0.1) is 11.3 Å². The van der Waals surface area contributed by atoms with Gasteiger partial charge < -0.3 is 5.32 Å². The Kier molecular flexibility index (Phi) is 5.66.